The highest BCUT2D eigenvalue weighted by Crippen LogP contribution is 2.37. The summed E-state index contributed by atoms with van der Waals surface area (Å²) in [5, 5.41) is 8.77. The molecule has 0 atom stereocenters. The number of anilines is 1. The van der Waals surface area contributed by atoms with Crippen molar-refractivity contribution in [2.75, 3.05) is 5.73 Å². The number of nitrogen functional groups attached to an aromatic ring is 1. The molecule has 3 aromatic heterocycles. The van der Waals surface area contributed by atoms with E-state index in [0.717, 1.165) is 10.8 Å². The van der Waals surface area contributed by atoms with Crippen molar-refractivity contribution in [2.45, 2.75) is 0 Å². The fourth-order valence-electron chi connectivity index (χ4n) is 3.43. The average Bonchev–Trinajstić information content (AvgIpc) is 3.15. The van der Waals surface area contributed by atoms with E-state index in [1.807, 2.05) is 24.3 Å². The molecule has 126 valence electrons. The number of nitrogens with zero attached hydrogens (tertiary/aromatic N) is 2. The molecule has 5 aromatic rings. The van der Waals surface area contributed by atoms with Crippen molar-refractivity contribution in [3.8, 4) is 11.1 Å². The number of hydrogen-bond donors (Lipinski definition) is 3. The van der Waals surface area contributed by atoms with E-state index >= 15 is 0 Å². The summed E-state index contributed by atoms with van der Waals surface area (Å²) in [6.07, 6.45) is 3.20. The maximum absolute atomic E-state index is 14.0. The zero-order valence-electron chi connectivity index (χ0n) is 13.4. The Morgan fingerprint density at radius 2 is 1.92 bits per heavy atom. The van der Waals surface area contributed by atoms with Crippen LogP contribution in [0.3, 0.4) is 0 Å². The van der Waals surface area contributed by atoms with Crippen molar-refractivity contribution < 1.29 is 4.39 Å². The standard InChI is InChI=1S/C19H12FN5O/c20-13-6-5-10(12-8-23-25-17(12)13)14-11-4-3-9-2-1-7-22-16(9)18(11)24-19(26)15(14)21/h1-8H,21H2,(H,23,25)(H,24,26). The zero-order valence-corrected chi connectivity index (χ0v) is 13.4. The Morgan fingerprint density at radius 3 is 2.81 bits per heavy atom. The van der Waals surface area contributed by atoms with Crippen LogP contribution in [-0.4, -0.2) is 20.2 Å². The fourth-order valence-corrected chi connectivity index (χ4v) is 3.43. The summed E-state index contributed by atoms with van der Waals surface area (Å²) in [4.78, 5) is 19.7. The highest BCUT2D eigenvalue weighted by Gasteiger charge is 2.18. The second kappa shape index (κ2) is 5.13. The maximum atomic E-state index is 14.0. The summed E-state index contributed by atoms with van der Waals surface area (Å²) in [6.45, 7) is 0. The summed E-state index contributed by atoms with van der Waals surface area (Å²) in [7, 11) is 0. The quantitative estimate of drug-likeness (QED) is 0.406. The molecule has 0 unspecified atom stereocenters. The van der Waals surface area contributed by atoms with Gasteiger partial charge in [-0.25, -0.2) is 4.39 Å². The van der Waals surface area contributed by atoms with E-state index in [4.69, 9.17) is 5.73 Å². The van der Waals surface area contributed by atoms with E-state index < -0.39 is 11.4 Å². The van der Waals surface area contributed by atoms with E-state index in [1.54, 1.807) is 12.3 Å². The van der Waals surface area contributed by atoms with Crippen molar-refractivity contribution in [3.63, 3.8) is 0 Å². The second-order valence-electron chi connectivity index (χ2n) is 6.06. The molecule has 0 fully saturated rings. The molecule has 0 radical (unpaired) electrons. The van der Waals surface area contributed by atoms with Gasteiger partial charge in [-0.05, 0) is 17.7 Å². The lowest BCUT2D eigenvalue weighted by molar-refractivity contribution is 0.636. The summed E-state index contributed by atoms with van der Waals surface area (Å²) < 4.78 is 14.0. The predicted molar refractivity (Wildman–Crippen MR) is 99.3 cm³/mol. The molecule has 2 aromatic carbocycles. The number of nitrogens with two attached hydrogens (primary N) is 1. The molecular weight excluding hydrogens is 333 g/mol. The molecule has 4 N–H and O–H groups in total. The lowest BCUT2D eigenvalue weighted by Crippen LogP contribution is -2.13. The van der Waals surface area contributed by atoms with Crippen LogP contribution >= 0.6 is 0 Å². The number of halogens is 1. The van der Waals surface area contributed by atoms with Gasteiger partial charge in [-0.2, -0.15) is 5.10 Å². The SMILES string of the molecule is Nc1c(-c2ccc(F)c3[nH]ncc23)c2ccc3cccnc3c2[nH]c1=O. The number of fused-ring (bicyclic) bond motifs is 4. The Balaban J connectivity index is 2.01. The minimum atomic E-state index is -0.416. The molecular formula is C19H12FN5O. The smallest absolute Gasteiger partial charge is 0.272 e. The number of H-pyrrole nitrogens is 2. The summed E-state index contributed by atoms with van der Waals surface area (Å²) in [6, 6.07) is 10.5. The molecule has 6 nitrogen and oxygen atoms in total. The number of pyridine rings is 2. The van der Waals surface area contributed by atoms with Gasteiger partial charge in [0, 0.05) is 27.9 Å². The van der Waals surface area contributed by atoms with Crippen molar-refractivity contribution in [3.05, 3.63) is 65.0 Å². The third kappa shape index (κ3) is 1.88. The number of rotatable bonds is 1. The normalized spacial score (nSPS) is 11.6. The second-order valence-corrected chi connectivity index (χ2v) is 6.06. The minimum Gasteiger partial charge on any atom is -0.394 e. The Morgan fingerprint density at radius 1 is 1.04 bits per heavy atom. The first-order valence-electron chi connectivity index (χ1n) is 7.96. The van der Waals surface area contributed by atoms with E-state index in [0.29, 0.717) is 27.5 Å². The van der Waals surface area contributed by atoms with Gasteiger partial charge in [0.1, 0.15) is 17.0 Å². The van der Waals surface area contributed by atoms with Crippen LogP contribution in [0, 0.1) is 5.82 Å². The molecule has 7 heteroatoms. The van der Waals surface area contributed by atoms with Gasteiger partial charge in [0.25, 0.3) is 5.56 Å². The van der Waals surface area contributed by atoms with Gasteiger partial charge in [0.15, 0.2) is 0 Å². The van der Waals surface area contributed by atoms with E-state index in [1.165, 1.54) is 12.3 Å². The largest absolute Gasteiger partial charge is 0.394 e. The third-order valence-corrected chi connectivity index (χ3v) is 4.63. The predicted octanol–water partition coefficient (Wildman–Crippen LogP) is 3.34. The Hall–Kier alpha value is -3.74. The number of benzene rings is 2. The molecule has 0 spiro atoms. The van der Waals surface area contributed by atoms with Crippen molar-refractivity contribution in [1.82, 2.24) is 20.2 Å². The van der Waals surface area contributed by atoms with Crippen LogP contribution in [0.2, 0.25) is 0 Å². The summed E-state index contributed by atoms with van der Waals surface area (Å²) in [5.74, 6) is -0.416. The fraction of sp³-hybridized carbons (Fsp3) is 0. The first kappa shape index (κ1) is 14.6. The van der Waals surface area contributed by atoms with Gasteiger partial charge >= 0.3 is 0 Å². The zero-order chi connectivity index (χ0) is 17.8. The van der Waals surface area contributed by atoms with E-state index in [9.17, 15) is 9.18 Å². The number of aromatic amines is 2. The van der Waals surface area contributed by atoms with Gasteiger partial charge < -0.3 is 10.7 Å². The van der Waals surface area contributed by atoms with Crippen LogP contribution in [0.15, 0.2) is 53.6 Å². The van der Waals surface area contributed by atoms with E-state index in [-0.39, 0.29) is 11.2 Å². The molecule has 0 amide bonds. The lowest BCUT2D eigenvalue weighted by Gasteiger charge is -2.12. The molecule has 0 bridgehead atoms. The first-order chi connectivity index (χ1) is 12.6. The van der Waals surface area contributed by atoms with Crippen molar-refractivity contribution >= 4 is 38.4 Å². The van der Waals surface area contributed by atoms with Crippen LogP contribution in [0.25, 0.3) is 43.8 Å². The highest BCUT2D eigenvalue weighted by molar-refractivity contribution is 6.13. The number of nitrogens with one attached hydrogen (secondary N) is 2. The average molecular weight is 345 g/mol. The molecule has 0 aliphatic rings. The van der Waals surface area contributed by atoms with Crippen LogP contribution < -0.4 is 11.3 Å². The highest BCUT2D eigenvalue weighted by atomic mass is 19.1. The van der Waals surface area contributed by atoms with E-state index in [2.05, 4.69) is 20.2 Å². The number of hydrogen-bond acceptors (Lipinski definition) is 4. The van der Waals surface area contributed by atoms with Gasteiger partial charge in [-0.3, -0.25) is 14.9 Å². The first-order valence-corrected chi connectivity index (χ1v) is 7.96. The summed E-state index contributed by atoms with van der Waals surface area (Å²) >= 11 is 0. The van der Waals surface area contributed by atoms with Crippen molar-refractivity contribution in [1.29, 1.82) is 0 Å². The van der Waals surface area contributed by atoms with Crippen LogP contribution in [-0.2, 0) is 0 Å². The van der Waals surface area contributed by atoms with Crippen molar-refractivity contribution in [2.24, 2.45) is 0 Å². The minimum absolute atomic E-state index is 0.0712. The topological polar surface area (TPSA) is 100 Å². The molecule has 5 rings (SSSR count). The van der Waals surface area contributed by atoms with Crippen LogP contribution in [0.1, 0.15) is 0 Å². The maximum Gasteiger partial charge on any atom is 0.272 e. The van der Waals surface area contributed by atoms with Gasteiger partial charge in [0.2, 0.25) is 0 Å². The van der Waals surface area contributed by atoms with Gasteiger partial charge in [-0.15, -0.1) is 0 Å². The van der Waals surface area contributed by atoms with Crippen LogP contribution in [0.5, 0.6) is 0 Å². The molecule has 26 heavy (non-hydrogen) atoms. The summed E-state index contributed by atoms with van der Waals surface area (Å²) in [5.41, 5.74) is 8.52. The van der Waals surface area contributed by atoms with Crippen LogP contribution in [0.4, 0.5) is 10.1 Å². The Labute approximate surface area is 145 Å². The molecule has 0 saturated heterocycles. The lowest BCUT2D eigenvalue weighted by atomic mass is 9.96. The number of aromatic nitrogens is 4. The molecule has 0 aliphatic carbocycles. The third-order valence-electron chi connectivity index (χ3n) is 4.63. The Kier molecular flexibility index (Phi) is 2.88. The monoisotopic (exact) mass is 345 g/mol. The Bertz CT molecular complexity index is 1390. The van der Waals surface area contributed by atoms with Gasteiger partial charge in [-0.1, -0.05) is 24.3 Å². The molecule has 0 saturated carbocycles. The molecule has 3 heterocycles. The molecule has 0 aliphatic heterocycles. The van der Waals surface area contributed by atoms with Gasteiger partial charge in [0.05, 0.1) is 17.2 Å².